The summed E-state index contributed by atoms with van der Waals surface area (Å²) in [6.45, 7) is 5.22. The van der Waals surface area contributed by atoms with Crippen LogP contribution in [0.15, 0.2) is 22.8 Å². The highest BCUT2D eigenvalue weighted by atomic mass is 16.3. The molecule has 0 saturated carbocycles. The normalized spacial score (nSPS) is 27.1. The molecule has 1 saturated heterocycles. The molecule has 2 unspecified atom stereocenters. The zero-order valence-electron chi connectivity index (χ0n) is 9.72. The molecule has 4 heteroatoms. The van der Waals surface area contributed by atoms with E-state index in [9.17, 15) is 0 Å². The Morgan fingerprint density at radius 1 is 1.62 bits per heavy atom. The van der Waals surface area contributed by atoms with Gasteiger partial charge in [0.25, 0.3) is 0 Å². The van der Waals surface area contributed by atoms with E-state index in [-0.39, 0.29) is 6.61 Å². The van der Waals surface area contributed by atoms with Crippen molar-refractivity contribution in [3.63, 3.8) is 0 Å². The van der Waals surface area contributed by atoms with Gasteiger partial charge in [-0.2, -0.15) is 0 Å². The molecule has 1 aliphatic rings. The van der Waals surface area contributed by atoms with Gasteiger partial charge in [0.1, 0.15) is 5.76 Å². The average molecular weight is 224 g/mol. The summed E-state index contributed by atoms with van der Waals surface area (Å²) in [4.78, 5) is 2.39. The monoisotopic (exact) mass is 224 g/mol. The maximum absolute atomic E-state index is 9.05. The molecule has 2 atom stereocenters. The fourth-order valence-corrected chi connectivity index (χ4v) is 2.26. The molecule has 4 nitrogen and oxygen atoms in total. The van der Waals surface area contributed by atoms with Crippen molar-refractivity contribution in [2.45, 2.75) is 32.0 Å². The Balaban J connectivity index is 1.96. The number of hydrogen-bond acceptors (Lipinski definition) is 4. The van der Waals surface area contributed by atoms with Gasteiger partial charge < -0.3 is 14.8 Å². The van der Waals surface area contributed by atoms with E-state index in [1.165, 1.54) is 0 Å². The van der Waals surface area contributed by atoms with Gasteiger partial charge >= 0.3 is 0 Å². The number of rotatable bonds is 4. The van der Waals surface area contributed by atoms with Crippen LogP contribution in [-0.2, 0) is 6.54 Å². The minimum Gasteiger partial charge on any atom is -0.468 e. The Morgan fingerprint density at radius 3 is 3.19 bits per heavy atom. The number of furan rings is 1. The van der Waals surface area contributed by atoms with E-state index in [2.05, 4.69) is 17.1 Å². The fourth-order valence-electron chi connectivity index (χ4n) is 2.26. The topological polar surface area (TPSA) is 48.6 Å². The molecule has 1 fully saturated rings. The average Bonchev–Trinajstić information content (AvgIpc) is 2.75. The van der Waals surface area contributed by atoms with Gasteiger partial charge in [0, 0.05) is 31.8 Å². The second-order valence-corrected chi connectivity index (χ2v) is 4.48. The summed E-state index contributed by atoms with van der Waals surface area (Å²) < 4.78 is 5.37. The summed E-state index contributed by atoms with van der Waals surface area (Å²) in [7, 11) is 0. The van der Waals surface area contributed by atoms with Crippen molar-refractivity contribution in [2.75, 3.05) is 19.7 Å². The van der Waals surface area contributed by atoms with Crippen LogP contribution >= 0.6 is 0 Å². The molecule has 0 aliphatic carbocycles. The van der Waals surface area contributed by atoms with Crippen molar-refractivity contribution in [3.8, 4) is 0 Å². The van der Waals surface area contributed by atoms with E-state index < -0.39 is 0 Å². The van der Waals surface area contributed by atoms with Crippen molar-refractivity contribution in [1.29, 1.82) is 0 Å². The van der Waals surface area contributed by atoms with Crippen molar-refractivity contribution >= 4 is 0 Å². The lowest BCUT2D eigenvalue weighted by Crippen LogP contribution is -2.55. The van der Waals surface area contributed by atoms with E-state index in [4.69, 9.17) is 9.52 Å². The van der Waals surface area contributed by atoms with Gasteiger partial charge in [0.2, 0.25) is 0 Å². The van der Waals surface area contributed by atoms with Crippen LogP contribution in [0.5, 0.6) is 0 Å². The molecule has 0 aromatic carbocycles. The summed E-state index contributed by atoms with van der Waals surface area (Å²) in [5.41, 5.74) is 0. The van der Waals surface area contributed by atoms with Crippen LogP contribution in [0.3, 0.4) is 0 Å². The van der Waals surface area contributed by atoms with E-state index in [0.29, 0.717) is 12.1 Å². The third-order valence-electron chi connectivity index (χ3n) is 3.13. The van der Waals surface area contributed by atoms with Gasteiger partial charge in [0.05, 0.1) is 12.8 Å². The van der Waals surface area contributed by atoms with Crippen LogP contribution < -0.4 is 5.32 Å². The maximum Gasteiger partial charge on any atom is 0.117 e. The molecule has 2 rings (SSSR count). The molecular formula is C12H20N2O2. The number of piperazine rings is 1. The van der Waals surface area contributed by atoms with Crippen LogP contribution in [0.25, 0.3) is 0 Å². The number of aliphatic hydroxyl groups excluding tert-OH is 1. The smallest absolute Gasteiger partial charge is 0.117 e. The number of aliphatic hydroxyl groups is 1. The number of nitrogens with zero attached hydrogens (tertiary/aromatic N) is 1. The minimum absolute atomic E-state index is 0.245. The van der Waals surface area contributed by atoms with Gasteiger partial charge in [-0.1, -0.05) is 0 Å². The number of hydrogen-bond donors (Lipinski definition) is 2. The van der Waals surface area contributed by atoms with Crippen LogP contribution in [0, 0.1) is 0 Å². The van der Waals surface area contributed by atoms with Crippen LogP contribution in [0.2, 0.25) is 0 Å². The first-order valence-corrected chi connectivity index (χ1v) is 5.90. The highest BCUT2D eigenvalue weighted by Crippen LogP contribution is 2.14. The SMILES string of the molecule is CC1CN(Cc2ccco2)C(CCO)CN1. The van der Waals surface area contributed by atoms with E-state index in [0.717, 1.165) is 31.8 Å². The van der Waals surface area contributed by atoms with Gasteiger partial charge in [-0.15, -0.1) is 0 Å². The fraction of sp³-hybridized carbons (Fsp3) is 0.667. The van der Waals surface area contributed by atoms with Crippen LogP contribution in [0.1, 0.15) is 19.1 Å². The van der Waals surface area contributed by atoms with Gasteiger partial charge in [-0.3, -0.25) is 4.90 Å². The summed E-state index contributed by atoms with van der Waals surface area (Å²) in [5, 5.41) is 12.5. The summed E-state index contributed by atoms with van der Waals surface area (Å²) in [6.07, 6.45) is 2.53. The van der Waals surface area contributed by atoms with Gasteiger partial charge in [0.15, 0.2) is 0 Å². The first-order valence-electron chi connectivity index (χ1n) is 5.90. The zero-order valence-corrected chi connectivity index (χ0v) is 9.72. The van der Waals surface area contributed by atoms with Crippen LogP contribution in [0.4, 0.5) is 0 Å². The Morgan fingerprint density at radius 2 is 2.50 bits per heavy atom. The quantitative estimate of drug-likeness (QED) is 0.795. The predicted octanol–water partition coefficient (Wildman–Crippen LogP) is 0.824. The summed E-state index contributed by atoms with van der Waals surface area (Å²) in [6, 6.07) is 4.83. The first kappa shape index (κ1) is 11.6. The molecule has 90 valence electrons. The lowest BCUT2D eigenvalue weighted by Gasteiger charge is -2.38. The van der Waals surface area contributed by atoms with Crippen molar-refractivity contribution < 1.29 is 9.52 Å². The van der Waals surface area contributed by atoms with E-state index >= 15 is 0 Å². The molecule has 0 amide bonds. The Bertz CT molecular complexity index is 300. The molecule has 2 heterocycles. The molecule has 1 aromatic rings. The highest BCUT2D eigenvalue weighted by molar-refractivity contribution is 4.99. The van der Waals surface area contributed by atoms with E-state index in [1.807, 2.05) is 12.1 Å². The molecule has 1 aliphatic heterocycles. The second-order valence-electron chi connectivity index (χ2n) is 4.48. The van der Waals surface area contributed by atoms with Crippen LogP contribution in [-0.4, -0.2) is 41.8 Å². The minimum atomic E-state index is 0.245. The standard InChI is InChI=1S/C12H20N2O2/c1-10-8-14(9-12-3-2-6-16-12)11(4-5-15)7-13-10/h2-3,6,10-11,13,15H,4-5,7-9H2,1H3. The van der Waals surface area contributed by atoms with Gasteiger partial charge in [-0.05, 0) is 25.5 Å². The highest BCUT2D eigenvalue weighted by Gasteiger charge is 2.25. The Labute approximate surface area is 96.2 Å². The lowest BCUT2D eigenvalue weighted by atomic mass is 10.1. The van der Waals surface area contributed by atoms with Crippen molar-refractivity contribution in [3.05, 3.63) is 24.2 Å². The molecular weight excluding hydrogens is 204 g/mol. The molecule has 2 N–H and O–H groups in total. The molecule has 0 bridgehead atoms. The lowest BCUT2D eigenvalue weighted by molar-refractivity contribution is 0.0966. The zero-order chi connectivity index (χ0) is 11.4. The third-order valence-corrected chi connectivity index (χ3v) is 3.13. The maximum atomic E-state index is 9.05. The molecule has 16 heavy (non-hydrogen) atoms. The third kappa shape index (κ3) is 2.84. The van der Waals surface area contributed by atoms with Crippen molar-refractivity contribution in [1.82, 2.24) is 10.2 Å². The Hall–Kier alpha value is -0.840. The Kier molecular flexibility index (Phi) is 3.98. The largest absolute Gasteiger partial charge is 0.468 e. The first-order chi connectivity index (χ1) is 7.79. The molecule has 1 aromatic heterocycles. The van der Waals surface area contributed by atoms with E-state index in [1.54, 1.807) is 6.26 Å². The summed E-state index contributed by atoms with van der Waals surface area (Å²) in [5.74, 6) is 0.997. The summed E-state index contributed by atoms with van der Waals surface area (Å²) >= 11 is 0. The molecule has 0 spiro atoms. The van der Waals surface area contributed by atoms with Gasteiger partial charge in [-0.25, -0.2) is 0 Å². The van der Waals surface area contributed by atoms with Crippen molar-refractivity contribution in [2.24, 2.45) is 0 Å². The second kappa shape index (κ2) is 5.48. The number of nitrogens with one attached hydrogen (secondary N) is 1. The molecule has 0 radical (unpaired) electrons. The predicted molar refractivity (Wildman–Crippen MR) is 62.1 cm³/mol.